The second-order valence-electron chi connectivity index (χ2n) is 7.42. The zero-order valence-electron chi connectivity index (χ0n) is 17.9. The normalized spacial score (nSPS) is 19.3. The zero-order valence-corrected chi connectivity index (χ0v) is 21.1. The van der Waals surface area contributed by atoms with E-state index in [0.29, 0.717) is 5.02 Å². The Morgan fingerprint density at radius 2 is 1.59 bits per heavy atom. The van der Waals surface area contributed by atoms with Crippen molar-refractivity contribution < 1.29 is 9.53 Å². The minimum Gasteiger partial charge on any atom is -0.464 e. The van der Waals surface area contributed by atoms with Crippen molar-refractivity contribution in [3.8, 4) is 0 Å². The predicted molar refractivity (Wildman–Crippen MR) is 142 cm³/mol. The number of carbonyl (C=O) groups is 1. The number of halogens is 2. The Hall–Kier alpha value is -3.07. The fourth-order valence-electron chi connectivity index (χ4n) is 3.66. The van der Waals surface area contributed by atoms with Gasteiger partial charge >= 0.3 is 5.97 Å². The number of hydrazone groups is 2. The molecule has 2 aliphatic rings. The molecule has 2 aliphatic heterocycles. The number of para-hydroxylation sites is 1. The summed E-state index contributed by atoms with van der Waals surface area (Å²) in [6, 6.07) is 25.1. The second-order valence-corrected chi connectivity index (χ2v) is 9.96. The highest BCUT2D eigenvalue weighted by atomic mass is 79.9. The minimum absolute atomic E-state index is 0.227. The molecular formula is C25H18BrClN4O2S. The molecule has 0 aliphatic carbocycles. The maximum absolute atomic E-state index is 12.5. The molecule has 170 valence electrons. The van der Waals surface area contributed by atoms with Crippen molar-refractivity contribution in [3.05, 3.63) is 106 Å². The van der Waals surface area contributed by atoms with Crippen LogP contribution in [0.4, 0.5) is 11.4 Å². The number of ether oxygens (including phenoxy) is 1. The van der Waals surface area contributed by atoms with Gasteiger partial charge < -0.3 is 4.74 Å². The standard InChI is InChI=1S/C25H18BrClN4O2S/c1-33-24(32)23-29-31(21-13-11-19(27)12-14-21)25(34-23)16-15-22(17-7-9-18(26)10-8-17)28-30(25)20-5-3-2-4-6-20/h2-16H,1H3. The van der Waals surface area contributed by atoms with Crippen LogP contribution < -0.4 is 10.0 Å². The van der Waals surface area contributed by atoms with Gasteiger partial charge in [-0.25, -0.2) is 14.8 Å². The summed E-state index contributed by atoms with van der Waals surface area (Å²) in [6.07, 6.45) is 3.96. The Kier molecular flexibility index (Phi) is 6.20. The van der Waals surface area contributed by atoms with Crippen LogP contribution in [0.25, 0.3) is 0 Å². The maximum Gasteiger partial charge on any atom is 0.365 e. The molecule has 0 bridgehead atoms. The lowest BCUT2D eigenvalue weighted by Gasteiger charge is -2.43. The highest BCUT2D eigenvalue weighted by molar-refractivity contribution is 9.10. The largest absolute Gasteiger partial charge is 0.464 e. The lowest BCUT2D eigenvalue weighted by molar-refractivity contribution is -0.132. The Balaban J connectivity index is 1.66. The number of benzene rings is 3. The van der Waals surface area contributed by atoms with E-state index in [4.69, 9.17) is 21.4 Å². The third-order valence-corrected chi connectivity index (χ3v) is 7.29. The number of thioether (sulfide) groups is 1. The van der Waals surface area contributed by atoms with E-state index < -0.39 is 11.0 Å². The summed E-state index contributed by atoms with van der Waals surface area (Å²) in [6.45, 7) is 0. The highest BCUT2D eigenvalue weighted by Crippen LogP contribution is 2.48. The van der Waals surface area contributed by atoms with E-state index in [1.165, 1.54) is 18.9 Å². The van der Waals surface area contributed by atoms with Crippen LogP contribution in [0.5, 0.6) is 0 Å². The van der Waals surface area contributed by atoms with Crippen LogP contribution in [0.1, 0.15) is 5.56 Å². The maximum atomic E-state index is 12.5. The van der Waals surface area contributed by atoms with E-state index in [-0.39, 0.29) is 5.04 Å². The molecule has 2 heterocycles. The van der Waals surface area contributed by atoms with Gasteiger partial charge in [0.1, 0.15) is 0 Å². The van der Waals surface area contributed by atoms with Crippen LogP contribution in [-0.4, -0.2) is 28.8 Å². The van der Waals surface area contributed by atoms with Gasteiger partial charge in [0.05, 0.1) is 24.2 Å². The monoisotopic (exact) mass is 552 g/mol. The van der Waals surface area contributed by atoms with E-state index in [1.54, 1.807) is 17.1 Å². The first-order chi connectivity index (χ1) is 16.5. The predicted octanol–water partition coefficient (Wildman–Crippen LogP) is 6.28. The number of hydrogen-bond acceptors (Lipinski definition) is 7. The van der Waals surface area contributed by atoms with Crippen molar-refractivity contribution >= 4 is 67.4 Å². The number of nitrogens with zero attached hydrogens (tertiary/aromatic N) is 4. The smallest absolute Gasteiger partial charge is 0.365 e. The number of carbonyl (C=O) groups excluding carboxylic acids is 1. The van der Waals surface area contributed by atoms with Gasteiger partial charge in [-0.3, -0.25) is 0 Å². The minimum atomic E-state index is -0.975. The van der Waals surface area contributed by atoms with E-state index in [9.17, 15) is 4.79 Å². The molecule has 0 saturated carbocycles. The lowest BCUT2D eigenvalue weighted by Crippen LogP contribution is -2.53. The van der Waals surface area contributed by atoms with E-state index in [2.05, 4.69) is 21.0 Å². The molecule has 1 unspecified atom stereocenters. The molecule has 0 aromatic heterocycles. The summed E-state index contributed by atoms with van der Waals surface area (Å²) in [4.78, 5) is 11.6. The molecule has 0 N–H and O–H groups in total. The molecule has 6 nitrogen and oxygen atoms in total. The number of esters is 1. The zero-order chi connectivity index (χ0) is 23.7. The fourth-order valence-corrected chi connectivity index (χ4v) is 5.22. The molecule has 0 radical (unpaired) electrons. The Labute approximate surface area is 214 Å². The van der Waals surface area contributed by atoms with Crippen molar-refractivity contribution in [2.75, 3.05) is 17.1 Å². The van der Waals surface area contributed by atoms with Crippen molar-refractivity contribution in [2.24, 2.45) is 10.2 Å². The molecule has 0 saturated heterocycles. The number of hydrogen-bond donors (Lipinski definition) is 0. The first-order valence-corrected chi connectivity index (χ1v) is 12.3. The van der Waals surface area contributed by atoms with Gasteiger partial charge in [-0.15, -0.1) is 0 Å². The third-order valence-electron chi connectivity index (χ3n) is 5.28. The van der Waals surface area contributed by atoms with Gasteiger partial charge in [0, 0.05) is 15.1 Å². The first-order valence-electron chi connectivity index (χ1n) is 10.3. The van der Waals surface area contributed by atoms with Crippen LogP contribution in [0, 0.1) is 0 Å². The van der Waals surface area contributed by atoms with Gasteiger partial charge in [0.15, 0.2) is 0 Å². The number of allylic oxidation sites excluding steroid dienone is 1. The number of anilines is 2. The molecule has 34 heavy (non-hydrogen) atoms. The fraction of sp³-hybridized carbons (Fsp3) is 0.0800. The average molecular weight is 554 g/mol. The van der Waals surface area contributed by atoms with Crippen molar-refractivity contribution in [1.29, 1.82) is 0 Å². The lowest BCUT2D eigenvalue weighted by atomic mass is 10.1. The van der Waals surface area contributed by atoms with Crippen LogP contribution in [0.15, 0.2) is 106 Å². The summed E-state index contributed by atoms with van der Waals surface area (Å²) >= 11 is 10.9. The van der Waals surface area contributed by atoms with Crippen LogP contribution in [0.3, 0.4) is 0 Å². The first kappa shape index (κ1) is 22.7. The van der Waals surface area contributed by atoms with Crippen molar-refractivity contribution in [3.63, 3.8) is 0 Å². The van der Waals surface area contributed by atoms with Gasteiger partial charge in [-0.2, -0.15) is 10.2 Å². The average Bonchev–Trinajstić information content (AvgIpc) is 3.25. The van der Waals surface area contributed by atoms with E-state index >= 15 is 0 Å². The topological polar surface area (TPSA) is 57.5 Å². The quantitative estimate of drug-likeness (QED) is 0.356. The van der Waals surface area contributed by atoms with Crippen LogP contribution in [0.2, 0.25) is 5.02 Å². The van der Waals surface area contributed by atoms with E-state index in [1.807, 2.05) is 83.9 Å². The van der Waals surface area contributed by atoms with Gasteiger partial charge in [0.25, 0.3) is 0 Å². The Morgan fingerprint density at radius 3 is 2.26 bits per heavy atom. The highest BCUT2D eigenvalue weighted by Gasteiger charge is 2.51. The molecule has 3 aromatic carbocycles. The molecule has 1 spiro atoms. The molecule has 0 fully saturated rings. The second kappa shape index (κ2) is 9.29. The summed E-state index contributed by atoms with van der Waals surface area (Å²) in [5.41, 5.74) is 3.34. The Morgan fingerprint density at radius 1 is 0.941 bits per heavy atom. The molecule has 1 atom stereocenters. The molecule has 9 heteroatoms. The summed E-state index contributed by atoms with van der Waals surface area (Å²) < 4.78 is 5.98. The number of rotatable bonds is 4. The summed E-state index contributed by atoms with van der Waals surface area (Å²) in [7, 11) is 1.35. The molecule has 5 rings (SSSR count). The van der Waals surface area contributed by atoms with Crippen LogP contribution in [-0.2, 0) is 9.53 Å². The van der Waals surface area contributed by atoms with Crippen molar-refractivity contribution in [2.45, 2.75) is 4.99 Å². The number of methoxy groups -OCH3 is 1. The SMILES string of the molecule is COC(=O)C1=NN(c2ccc(Cl)cc2)C2(C=CC(c3ccc(Br)cc3)=NN2c2ccccc2)S1. The summed E-state index contributed by atoms with van der Waals surface area (Å²) in [5.74, 6) is -0.509. The molecule has 3 aromatic rings. The third kappa shape index (κ3) is 4.13. The van der Waals surface area contributed by atoms with Crippen molar-refractivity contribution in [1.82, 2.24) is 0 Å². The molecule has 0 amide bonds. The van der Waals surface area contributed by atoms with E-state index in [0.717, 1.165) is 27.1 Å². The van der Waals surface area contributed by atoms with Gasteiger partial charge in [0.2, 0.25) is 10.0 Å². The van der Waals surface area contributed by atoms with Gasteiger partial charge in [-0.05, 0) is 72.4 Å². The van der Waals surface area contributed by atoms with Gasteiger partial charge in [-0.1, -0.05) is 57.9 Å². The summed E-state index contributed by atoms with van der Waals surface area (Å²) in [5, 5.41) is 14.2. The Bertz CT molecular complexity index is 1310. The van der Waals surface area contributed by atoms with Crippen LogP contribution >= 0.6 is 39.3 Å². The molecular weight excluding hydrogens is 536 g/mol.